The third kappa shape index (κ3) is 2.47. The smallest absolute Gasteiger partial charge is 0.326 e. The summed E-state index contributed by atoms with van der Waals surface area (Å²) in [7, 11) is 0. The van der Waals surface area contributed by atoms with Crippen molar-refractivity contribution in [2.45, 2.75) is 25.8 Å². The molecule has 1 fully saturated rings. The summed E-state index contributed by atoms with van der Waals surface area (Å²) in [6.45, 7) is 1.78. The van der Waals surface area contributed by atoms with E-state index in [1.54, 1.807) is 0 Å². The molecule has 1 aromatic rings. The first-order valence-electron chi connectivity index (χ1n) is 6.20. The quantitative estimate of drug-likeness (QED) is 0.512. The summed E-state index contributed by atoms with van der Waals surface area (Å²) < 4.78 is 0. The highest BCUT2D eigenvalue weighted by molar-refractivity contribution is 5.95. The van der Waals surface area contributed by atoms with Crippen molar-refractivity contribution < 1.29 is 19.6 Å². The molecule has 1 N–H and O–H groups in total. The fourth-order valence-corrected chi connectivity index (χ4v) is 2.44. The Labute approximate surface area is 115 Å². The summed E-state index contributed by atoms with van der Waals surface area (Å²) in [6, 6.07) is 3.39. The van der Waals surface area contributed by atoms with Crippen LogP contribution in [0.2, 0.25) is 0 Å². The number of carboxylic acid groups (broad SMARTS) is 1. The lowest BCUT2D eigenvalue weighted by molar-refractivity contribution is -0.384. The van der Waals surface area contributed by atoms with E-state index in [9.17, 15) is 19.7 Å². The average molecular weight is 278 g/mol. The fourth-order valence-electron chi connectivity index (χ4n) is 2.44. The molecule has 1 saturated heterocycles. The van der Waals surface area contributed by atoms with Gasteiger partial charge in [0.15, 0.2) is 5.78 Å². The van der Waals surface area contributed by atoms with Gasteiger partial charge in [-0.15, -0.1) is 0 Å². The lowest BCUT2D eigenvalue weighted by Crippen LogP contribution is -2.36. The van der Waals surface area contributed by atoms with Gasteiger partial charge in [0.1, 0.15) is 11.7 Å². The van der Waals surface area contributed by atoms with Gasteiger partial charge in [0.2, 0.25) is 0 Å². The number of ketones is 1. The Hall–Kier alpha value is -2.44. The van der Waals surface area contributed by atoms with Crippen molar-refractivity contribution in [2.24, 2.45) is 0 Å². The number of Topliss-reactive ketones (excluding diaryl/α,β-unsaturated/α-hetero) is 1. The van der Waals surface area contributed by atoms with Crippen LogP contribution < -0.4 is 4.90 Å². The number of benzene rings is 1. The van der Waals surface area contributed by atoms with E-state index in [-0.39, 0.29) is 22.7 Å². The van der Waals surface area contributed by atoms with Gasteiger partial charge in [-0.25, -0.2) is 4.79 Å². The van der Waals surface area contributed by atoms with Crippen molar-refractivity contribution in [1.82, 2.24) is 0 Å². The zero-order valence-electron chi connectivity index (χ0n) is 10.9. The van der Waals surface area contributed by atoms with Crippen molar-refractivity contribution in [3.8, 4) is 0 Å². The lowest BCUT2D eigenvalue weighted by atomic mass is 10.1. The van der Waals surface area contributed by atoms with Crippen molar-refractivity contribution in [3.63, 3.8) is 0 Å². The second-order valence-corrected chi connectivity index (χ2v) is 4.71. The molecular formula is C13H14N2O5. The largest absolute Gasteiger partial charge is 0.480 e. The number of carbonyl (C=O) groups is 2. The van der Waals surface area contributed by atoms with Gasteiger partial charge in [-0.2, -0.15) is 0 Å². The van der Waals surface area contributed by atoms with E-state index in [0.29, 0.717) is 19.4 Å². The van der Waals surface area contributed by atoms with E-state index in [0.717, 1.165) is 0 Å². The molecule has 20 heavy (non-hydrogen) atoms. The van der Waals surface area contributed by atoms with Crippen LogP contribution in [0.1, 0.15) is 30.1 Å². The Morgan fingerprint density at radius 2 is 2.15 bits per heavy atom. The zero-order chi connectivity index (χ0) is 14.9. The third-order valence-corrected chi connectivity index (χ3v) is 3.43. The van der Waals surface area contributed by atoms with Crippen LogP contribution in [0, 0.1) is 10.1 Å². The van der Waals surface area contributed by atoms with Gasteiger partial charge in [0.05, 0.1) is 4.92 Å². The molecule has 1 aromatic carbocycles. The standard InChI is InChI=1S/C13H14N2O5/c1-8(16)9-4-5-10(12(7-9)15(19)20)14-6-2-3-11(14)13(17)18/h4-5,7,11H,2-3,6H2,1H3,(H,17,18)/t11-/m1/s1. The van der Waals surface area contributed by atoms with Gasteiger partial charge in [0.25, 0.3) is 5.69 Å². The molecule has 1 aliphatic heterocycles. The third-order valence-electron chi connectivity index (χ3n) is 3.43. The molecule has 7 nitrogen and oxygen atoms in total. The maximum atomic E-state index is 11.3. The minimum atomic E-state index is -0.993. The number of carbonyl (C=O) groups excluding carboxylic acids is 1. The molecule has 7 heteroatoms. The Morgan fingerprint density at radius 3 is 2.70 bits per heavy atom. The topological polar surface area (TPSA) is 101 Å². The number of nitro groups is 1. The molecular weight excluding hydrogens is 264 g/mol. The highest BCUT2D eigenvalue weighted by atomic mass is 16.6. The van der Waals surface area contributed by atoms with Crippen molar-refractivity contribution >= 4 is 23.1 Å². The molecule has 0 saturated carbocycles. The predicted octanol–water partition coefficient (Wildman–Crippen LogP) is 1.85. The van der Waals surface area contributed by atoms with Crippen LogP contribution in [0.4, 0.5) is 11.4 Å². The molecule has 0 bridgehead atoms. The minimum absolute atomic E-state index is 0.231. The highest BCUT2D eigenvalue weighted by Gasteiger charge is 2.34. The van der Waals surface area contributed by atoms with E-state index in [2.05, 4.69) is 0 Å². The van der Waals surface area contributed by atoms with Crippen LogP contribution in [-0.2, 0) is 4.79 Å². The van der Waals surface area contributed by atoms with E-state index in [1.807, 2.05) is 0 Å². The van der Waals surface area contributed by atoms with Crippen LogP contribution in [-0.4, -0.2) is 34.4 Å². The Kier molecular flexibility index (Phi) is 3.69. The van der Waals surface area contributed by atoms with Crippen LogP contribution in [0.25, 0.3) is 0 Å². The number of nitro benzene ring substituents is 1. The predicted molar refractivity (Wildman–Crippen MR) is 71.1 cm³/mol. The first-order valence-corrected chi connectivity index (χ1v) is 6.20. The zero-order valence-corrected chi connectivity index (χ0v) is 10.9. The maximum absolute atomic E-state index is 11.3. The molecule has 0 unspecified atom stereocenters. The first-order chi connectivity index (χ1) is 9.41. The molecule has 106 valence electrons. The normalized spacial score (nSPS) is 18.1. The van der Waals surface area contributed by atoms with E-state index >= 15 is 0 Å². The van der Waals surface area contributed by atoms with Gasteiger partial charge in [-0.3, -0.25) is 14.9 Å². The van der Waals surface area contributed by atoms with Gasteiger partial charge < -0.3 is 10.0 Å². The number of hydrogen-bond donors (Lipinski definition) is 1. The summed E-state index contributed by atoms with van der Waals surface area (Å²) in [5, 5.41) is 20.3. The van der Waals surface area contributed by atoms with E-state index in [4.69, 9.17) is 5.11 Å². The van der Waals surface area contributed by atoms with Crippen molar-refractivity contribution in [3.05, 3.63) is 33.9 Å². The van der Waals surface area contributed by atoms with E-state index < -0.39 is 16.9 Å². The number of rotatable bonds is 4. The molecule has 1 aliphatic rings. The number of anilines is 1. The second-order valence-electron chi connectivity index (χ2n) is 4.71. The van der Waals surface area contributed by atoms with Crippen LogP contribution in [0.15, 0.2) is 18.2 Å². The summed E-state index contributed by atoms with van der Waals surface area (Å²) in [5.74, 6) is -1.26. The Morgan fingerprint density at radius 1 is 1.45 bits per heavy atom. The molecule has 0 radical (unpaired) electrons. The lowest BCUT2D eigenvalue weighted by Gasteiger charge is -2.23. The van der Waals surface area contributed by atoms with E-state index in [1.165, 1.54) is 30.0 Å². The van der Waals surface area contributed by atoms with Crippen LogP contribution in [0.3, 0.4) is 0 Å². The Bertz CT molecular complexity index is 584. The van der Waals surface area contributed by atoms with Crippen molar-refractivity contribution in [1.29, 1.82) is 0 Å². The fraction of sp³-hybridized carbons (Fsp3) is 0.385. The summed E-state index contributed by atoms with van der Waals surface area (Å²) >= 11 is 0. The molecule has 0 aliphatic carbocycles. The molecule has 2 rings (SSSR count). The SMILES string of the molecule is CC(=O)c1ccc(N2CCC[C@@H]2C(=O)O)c([N+](=O)[O-])c1. The maximum Gasteiger partial charge on any atom is 0.326 e. The molecule has 0 amide bonds. The number of hydrogen-bond acceptors (Lipinski definition) is 5. The first kappa shape index (κ1) is 14.0. The van der Waals surface area contributed by atoms with Crippen molar-refractivity contribution in [2.75, 3.05) is 11.4 Å². The van der Waals surface area contributed by atoms with Gasteiger partial charge >= 0.3 is 5.97 Å². The van der Waals surface area contributed by atoms with Gasteiger partial charge in [-0.1, -0.05) is 0 Å². The Balaban J connectivity index is 2.48. The molecule has 0 spiro atoms. The summed E-state index contributed by atoms with van der Waals surface area (Å²) in [4.78, 5) is 34.6. The minimum Gasteiger partial charge on any atom is -0.480 e. The van der Waals surface area contributed by atoms with Gasteiger partial charge in [0, 0.05) is 18.2 Å². The number of nitrogens with zero attached hydrogens (tertiary/aromatic N) is 2. The molecule has 1 atom stereocenters. The van der Waals surface area contributed by atoms with Gasteiger partial charge in [-0.05, 0) is 31.9 Å². The molecule has 0 aromatic heterocycles. The van der Waals surface area contributed by atoms with Crippen LogP contribution >= 0.6 is 0 Å². The summed E-state index contributed by atoms with van der Waals surface area (Å²) in [6.07, 6.45) is 1.13. The second kappa shape index (κ2) is 5.28. The monoisotopic (exact) mass is 278 g/mol. The number of aliphatic carboxylic acids is 1. The number of carboxylic acids is 1. The average Bonchev–Trinajstić information content (AvgIpc) is 2.86. The van der Waals surface area contributed by atoms with Crippen LogP contribution in [0.5, 0.6) is 0 Å². The summed E-state index contributed by atoms with van der Waals surface area (Å²) in [5.41, 5.74) is 0.266. The molecule has 1 heterocycles. The highest BCUT2D eigenvalue weighted by Crippen LogP contribution is 2.34.